The van der Waals surface area contributed by atoms with Gasteiger partial charge in [-0.1, -0.05) is 0 Å². The number of amides is 2. The van der Waals surface area contributed by atoms with Crippen molar-refractivity contribution in [3.63, 3.8) is 0 Å². The number of nitrogens with zero attached hydrogens (tertiary/aromatic N) is 2. The minimum atomic E-state index is -0.762. The molecule has 0 atom stereocenters. The number of aryl methyl sites for hydroxylation is 1. The molecule has 0 saturated carbocycles. The number of anilines is 1. The SMILES string of the molecule is COc1cc(/C=N\NC(=O)CCC(=O)Nc2ccc(I)cc2C)c(O)c([N+](=O)[O-])c1. The topological polar surface area (TPSA) is 143 Å². The van der Waals surface area contributed by atoms with Gasteiger partial charge < -0.3 is 15.2 Å². The molecule has 0 aromatic heterocycles. The zero-order valence-corrected chi connectivity index (χ0v) is 18.3. The normalized spacial score (nSPS) is 10.6. The first-order valence-electron chi connectivity index (χ1n) is 8.64. The number of phenols is 1. The summed E-state index contributed by atoms with van der Waals surface area (Å²) in [7, 11) is 1.32. The number of hydrogen-bond acceptors (Lipinski definition) is 7. The number of nitrogens with one attached hydrogen (secondary N) is 2. The van der Waals surface area contributed by atoms with E-state index in [-0.39, 0.29) is 30.1 Å². The molecule has 0 bridgehead atoms. The van der Waals surface area contributed by atoms with Crippen molar-refractivity contribution < 1.29 is 24.4 Å². The van der Waals surface area contributed by atoms with Crippen molar-refractivity contribution in [1.29, 1.82) is 0 Å². The van der Waals surface area contributed by atoms with Crippen molar-refractivity contribution >= 4 is 52.0 Å². The molecule has 2 aromatic carbocycles. The van der Waals surface area contributed by atoms with Gasteiger partial charge in [-0.05, 0) is 59.3 Å². The number of ether oxygens (including phenoxy) is 1. The van der Waals surface area contributed by atoms with Gasteiger partial charge >= 0.3 is 5.69 Å². The summed E-state index contributed by atoms with van der Waals surface area (Å²) < 4.78 is 6.00. The number of hydrazone groups is 1. The maximum absolute atomic E-state index is 12.0. The molecule has 2 amide bonds. The van der Waals surface area contributed by atoms with Crippen molar-refractivity contribution in [2.45, 2.75) is 19.8 Å². The Labute approximate surface area is 185 Å². The summed E-state index contributed by atoms with van der Waals surface area (Å²) >= 11 is 2.17. The maximum Gasteiger partial charge on any atom is 0.315 e. The third kappa shape index (κ3) is 6.40. The van der Waals surface area contributed by atoms with E-state index >= 15 is 0 Å². The number of nitro benzene ring substituents is 1. The minimum absolute atomic E-state index is 0.00622. The van der Waals surface area contributed by atoms with Crippen molar-refractivity contribution in [3.8, 4) is 11.5 Å². The van der Waals surface area contributed by atoms with Crippen LogP contribution in [0.3, 0.4) is 0 Å². The lowest BCUT2D eigenvalue weighted by Crippen LogP contribution is -2.21. The zero-order chi connectivity index (χ0) is 22.3. The fourth-order valence-corrected chi connectivity index (χ4v) is 3.05. The Balaban J connectivity index is 1.91. The van der Waals surface area contributed by atoms with Crippen LogP contribution in [0, 0.1) is 20.6 Å². The second-order valence-electron chi connectivity index (χ2n) is 6.14. The van der Waals surface area contributed by atoms with Crippen molar-refractivity contribution in [1.82, 2.24) is 5.43 Å². The fourth-order valence-electron chi connectivity index (χ4n) is 2.41. The number of aromatic hydroxyl groups is 1. The Hall–Kier alpha value is -3.22. The van der Waals surface area contributed by atoms with Crippen molar-refractivity contribution in [2.75, 3.05) is 12.4 Å². The number of halogens is 1. The average Bonchev–Trinajstić information content (AvgIpc) is 2.69. The van der Waals surface area contributed by atoms with E-state index in [9.17, 15) is 24.8 Å². The number of nitro groups is 1. The molecular formula is C19H19IN4O6. The Bertz CT molecular complexity index is 1010. The van der Waals surface area contributed by atoms with Crippen LogP contribution in [0.4, 0.5) is 11.4 Å². The lowest BCUT2D eigenvalue weighted by atomic mass is 10.1. The first-order chi connectivity index (χ1) is 14.2. The number of benzene rings is 2. The molecule has 30 heavy (non-hydrogen) atoms. The third-order valence-corrected chi connectivity index (χ3v) is 4.63. The van der Waals surface area contributed by atoms with Gasteiger partial charge in [0, 0.05) is 27.7 Å². The van der Waals surface area contributed by atoms with E-state index in [2.05, 4.69) is 38.4 Å². The zero-order valence-electron chi connectivity index (χ0n) is 16.1. The van der Waals surface area contributed by atoms with E-state index < -0.39 is 22.3 Å². The molecule has 0 aliphatic heterocycles. The summed E-state index contributed by atoms with van der Waals surface area (Å²) in [6.07, 6.45) is 0.886. The lowest BCUT2D eigenvalue weighted by molar-refractivity contribution is -0.385. The summed E-state index contributed by atoms with van der Waals surface area (Å²) in [5.41, 5.74) is 3.24. The number of methoxy groups -OCH3 is 1. The van der Waals surface area contributed by atoms with Gasteiger partial charge in [-0.2, -0.15) is 5.10 Å². The molecule has 0 heterocycles. The molecule has 10 nitrogen and oxygen atoms in total. The number of hydrogen-bond donors (Lipinski definition) is 3. The van der Waals surface area contributed by atoms with Crippen LogP contribution in [0.2, 0.25) is 0 Å². The van der Waals surface area contributed by atoms with Gasteiger partial charge in [0.2, 0.25) is 17.6 Å². The monoisotopic (exact) mass is 526 g/mol. The highest BCUT2D eigenvalue weighted by Crippen LogP contribution is 2.33. The van der Waals surface area contributed by atoms with Gasteiger partial charge in [0.15, 0.2) is 0 Å². The van der Waals surface area contributed by atoms with Crippen LogP contribution in [0.15, 0.2) is 35.4 Å². The van der Waals surface area contributed by atoms with Gasteiger partial charge in [-0.3, -0.25) is 19.7 Å². The maximum atomic E-state index is 12.0. The smallest absolute Gasteiger partial charge is 0.315 e. The highest BCUT2D eigenvalue weighted by molar-refractivity contribution is 14.1. The first-order valence-corrected chi connectivity index (χ1v) is 9.72. The second-order valence-corrected chi connectivity index (χ2v) is 7.39. The summed E-state index contributed by atoms with van der Waals surface area (Å²) in [4.78, 5) is 34.1. The van der Waals surface area contributed by atoms with Crippen LogP contribution in [0.5, 0.6) is 11.5 Å². The molecule has 0 fully saturated rings. The molecule has 3 N–H and O–H groups in total. The predicted octanol–water partition coefficient (Wildman–Crippen LogP) is 3.09. The average molecular weight is 526 g/mol. The molecule has 2 aromatic rings. The van der Waals surface area contributed by atoms with Crippen LogP contribution in [0.25, 0.3) is 0 Å². The van der Waals surface area contributed by atoms with Gasteiger partial charge in [0.1, 0.15) is 5.75 Å². The fraction of sp³-hybridized carbons (Fsp3) is 0.211. The largest absolute Gasteiger partial charge is 0.502 e. The molecule has 0 aliphatic rings. The van der Waals surface area contributed by atoms with Crippen LogP contribution in [-0.4, -0.2) is 35.2 Å². The summed E-state index contributed by atoms with van der Waals surface area (Å²) in [5.74, 6) is -1.31. The Morgan fingerprint density at radius 2 is 1.97 bits per heavy atom. The van der Waals surface area contributed by atoms with E-state index in [1.165, 1.54) is 13.2 Å². The first kappa shape index (κ1) is 23.1. The number of rotatable bonds is 8. The summed E-state index contributed by atoms with van der Waals surface area (Å²) in [6.45, 7) is 1.87. The van der Waals surface area contributed by atoms with Crippen molar-refractivity contribution in [2.24, 2.45) is 5.10 Å². The van der Waals surface area contributed by atoms with E-state index in [0.717, 1.165) is 21.4 Å². The standard InChI is InChI=1S/C19H19IN4O6/c1-11-7-13(20)3-4-15(11)22-17(25)5-6-18(26)23-21-10-12-8-14(30-2)9-16(19(12)27)24(28)29/h3-4,7-10,27H,5-6H2,1-2H3,(H,22,25)(H,23,26)/b21-10-. The Morgan fingerprint density at radius 3 is 2.60 bits per heavy atom. The molecule has 0 radical (unpaired) electrons. The van der Waals surface area contributed by atoms with Crippen LogP contribution in [0.1, 0.15) is 24.0 Å². The molecule has 158 valence electrons. The Morgan fingerprint density at radius 1 is 1.27 bits per heavy atom. The Kier molecular flexibility index (Phi) is 8.09. The predicted molar refractivity (Wildman–Crippen MR) is 119 cm³/mol. The second kappa shape index (κ2) is 10.5. The highest BCUT2D eigenvalue weighted by atomic mass is 127. The van der Waals surface area contributed by atoms with Gasteiger partial charge in [0.25, 0.3) is 0 Å². The van der Waals surface area contributed by atoms with E-state index in [1.807, 2.05) is 19.1 Å². The quantitative estimate of drug-likeness (QED) is 0.209. The molecule has 0 spiro atoms. The minimum Gasteiger partial charge on any atom is -0.502 e. The number of phenolic OH excluding ortho intramolecular Hbond substituents is 1. The van der Waals surface area contributed by atoms with E-state index in [1.54, 1.807) is 6.07 Å². The molecule has 0 aliphatic carbocycles. The van der Waals surface area contributed by atoms with Gasteiger partial charge in [-0.25, -0.2) is 5.43 Å². The molecule has 11 heteroatoms. The molecule has 2 rings (SSSR count). The third-order valence-electron chi connectivity index (χ3n) is 3.96. The molecule has 0 unspecified atom stereocenters. The van der Waals surface area contributed by atoms with Crippen molar-refractivity contribution in [3.05, 3.63) is 55.1 Å². The van der Waals surface area contributed by atoms with Crippen LogP contribution >= 0.6 is 22.6 Å². The van der Waals surface area contributed by atoms with Gasteiger partial charge in [-0.15, -0.1) is 0 Å². The van der Waals surface area contributed by atoms with E-state index in [0.29, 0.717) is 5.69 Å². The van der Waals surface area contributed by atoms with E-state index in [4.69, 9.17) is 4.74 Å². The van der Waals surface area contributed by atoms with Crippen LogP contribution < -0.4 is 15.5 Å². The number of carbonyl (C=O) groups is 2. The summed E-state index contributed by atoms with van der Waals surface area (Å²) in [5, 5.41) is 27.3. The number of carbonyl (C=O) groups excluding carboxylic acids is 2. The van der Waals surface area contributed by atoms with Gasteiger partial charge in [0.05, 0.1) is 24.3 Å². The van der Waals surface area contributed by atoms with Crippen LogP contribution in [-0.2, 0) is 9.59 Å². The highest BCUT2D eigenvalue weighted by Gasteiger charge is 2.18. The lowest BCUT2D eigenvalue weighted by Gasteiger charge is -2.08. The summed E-state index contributed by atoms with van der Waals surface area (Å²) in [6, 6.07) is 7.98. The molecule has 0 saturated heterocycles. The molecular weight excluding hydrogens is 507 g/mol.